The summed E-state index contributed by atoms with van der Waals surface area (Å²) < 4.78 is 1.88. The number of hydrogen-bond donors (Lipinski definition) is 0. The number of fused-ring (bicyclic) bond motifs is 1. The minimum Gasteiger partial charge on any atom is -0.355 e. The summed E-state index contributed by atoms with van der Waals surface area (Å²) in [5.74, 6) is 1.25. The first-order valence-corrected chi connectivity index (χ1v) is 13.7. The highest BCUT2D eigenvalue weighted by Gasteiger charge is 2.34. The predicted molar refractivity (Wildman–Crippen MR) is 141 cm³/mol. The molecule has 0 saturated carbocycles. The number of anilines is 1. The Hall–Kier alpha value is -3.00. The molecule has 0 radical (unpaired) electrons. The topological polar surface area (TPSA) is 70.4 Å². The van der Waals surface area contributed by atoms with E-state index >= 15 is 0 Å². The fraction of sp³-hybridized carbons (Fsp3) is 0.571. The van der Waals surface area contributed by atoms with Gasteiger partial charge in [0.25, 0.3) is 0 Å². The van der Waals surface area contributed by atoms with Crippen molar-refractivity contribution in [3.8, 4) is 5.69 Å². The molecule has 6 rings (SSSR count). The number of nitrogens with zero attached hydrogens (tertiary/aromatic N) is 7. The van der Waals surface area contributed by atoms with Crippen molar-refractivity contribution >= 4 is 22.8 Å². The van der Waals surface area contributed by atoms with Crippen molar-refractivity contribution in [2.75, 3.05) is 44.2 Å². The molecule has 190 valence electrons. The molecule has 0 unspecified atom stereocenters. The van der Waals surface area contributed by atoms with Gasteiger partial charge in [0, 0.05) is 38.4 Å². The summed E-state index contributed by atoms with van der Waals surface area (Å²) in [6.07, 6.45) is 11.8. The maximum Gasteiger partial charge on any atom is 0.227 e. The average molecular weight is 488 g/mol. The molecule has 1 aromatic carbocycles. The first kappa shape index (κ1) is 23.4. The first-order chi connectivity index (χ1) is 17.7. The number of likely N-dealkylation sites (tertiary alicyclic amines) is 2. The summed E-state index contributed by atoms with van der Waals surface area (Å²) in [5, 5.41) is 5.64. The summed E-state index contributed by atoms with van der Waals surface area (Å²) >= 11 is 0. The second-order valence-corrected chi connectivity index (χ2v) is 10.8. The fourth-order valence-electron chi connectivity index (χ4n) is 6.27. The minimum atomic E-state index is 0.0300. The van der Waals surface area contributed by atoms with Crippen LogP contribution < -0.4 is 4.90 Å². The summed E-state index contributed by atoms with van der Waals surface area (Å²) in [6.45, 7) is 7.98. The van der Waals surface area contributed by atoms with E-state index in [2.05, 4.69) is 55.9 Å². The first-order valence-electron chi connectivity index (χ1n) is 13.7. The average Bonchev–Trinajstić information content (AvgIpc) is 3.38. The van der Waals surface area contributed by atoms with E-state index in [0.29, 0.717) is 24.1 Å². The second-order valence-electron chi connectivity index (χ2n) is 10.8. The van der Waals surface area contributed by atoms with E-state index in [1.54, 1.807) is 6.33 Å². The van der Waals surface area contributed by atoms with Gasteiger partial charge in [-0.3, -0.25) is 4.79 Å². The summed E-state index contributed by atoms with van der Waals surface area (Å²) in [5.41, 5.74) is 2.91. The third-order valence-electron chi connectivity index (χ3n) is 8.35. The van der Waals surface area contributed by atoms with Crippen LogP contribution in [-0.2, 0) is 4.79 Å². The van der Waals surface area contributed by atoms with Gasteiger partial charge in [0.2, 0.25) is 5.91 Å². The zero-order chi connectivity index (χ0) is 24.5. The van der Waals surface area contributed by atoms with Crippen molar-refractivity contribution in [3.05, 3.63) is 42.4 Å². The van der Waals surface area contributed by atoms with Gasteiger partial charge in [-0.05, 0) is 70.7 Å². The van der Waals surface area contributed by atoms with Crippen molar-refractivity contribution in [3.63, 3.8) is 0 Å². The molecule has 0 N–H and O–H groups in total. The maximum absolute atomic E-state index is 13.5. The SMILES string of the molecule is Cc1ccc(-n2cc3c(N4CCC[C@H](C(=O)N5CCC(N6CCCCC6)CC5)C4)ncnc3n2)cc1. The largest absolute Gasteiger partial charge is 0.355 e. The van der Waals surface area contributed by atoms with E-state index in [0.717, 1.165) is 62.2 Å². The number of aryl methyl sites for hydroxylation is 1. The van der Waals surface area contributed by atoms with Crippen molar-refractivity contribution < 1.29 is 4.79 Å². The molecule has 0 spiro atoms. The number of piperidine rings is 3. The Morgan fingerprint density at radius 3 is 2.44 bits per heavy atom. The molecule has 2 aromatic heterocycles. The van der Waals surface area contributed by atoms with E-state index in [4.69, 9.17) is 5.10 Å². The van der Waals surface area contributed by atoms with Crippen molar-refractivity contribution in [1.29, 1.82) is 0 Å². The van der Waals surface area contributed by atoms with Crippen LogP contribution in [0.3, 0.4) is 0 Å². The zero-order valence-corrected chi connectivity index (χ0v) is 21.3. The van der Waals surface area contributed by atoms with Crippen LogP contribution in [0.5, 0.6) is 0 Å². The Morgan fingerprint density at radius 2 is 1.67 bits per heavy atom. The molecule has 3 aliphatic heterocycles. The van der Waals surface area contributed by atoms with Crippen molar-refractivity contribution in [1.82, 2.24) is 29.5 Å². The fourth-order valence-corrected chi connectivity index (χ4v) is 6.27. The van der Waals surface area contributed by atoms with E-state index in [1.165, 1.54) is 37.9 Å². The number of rotatable bonds is 4. The monoisotopic (exact) mass is 487 g/mol. The van der Waals surface area contributed by atoms with Gasteiger partial charge in [-0.2, -0.15) is 0 Å². The molecular formula is C28H37N7O. The molecule has 0 bridgehead atoms. The normalized spacial score (nSPS) is 22.3. The number of amides is 1. The Morgan fingerprint density at radius 1 is 0.889 bits per heavy atom. The van der Waals surface area contributed by atoms with Crippen molar-refractivity contribution in [2.24, 2.45) is 5.92 Å². The third-order valence-corrected chi connectivity index (χ3v) is 8.35. The van der Waals surface area contributed by atoms with E-state index in [9.17, 15) is 4.79 Å². The molecule has 1 atom stereocenters. The van der Waals surface area contributed by atoms with Crippen LogP contribution in [0.25, 0.3) is 16.7 Å². The van der Waals surface area contributed by atoms with Gasteiger partial charge in [0.1, 0.15) is 12.1 Å². The highest BCUT2D eigenvalue weighted by molar-refractivity contribution is 5.87. The molecule has 1 amide bonds. The zero-order valence-electron chi connectivity index (χ0n) is 21.3. The van der Waals surface area contributed by atoms with Crippen LogP contribution in [0.1, 0.15) is 50.5 Å². The lowest BCUT2D eigenvalue weighted by molar-refractivity contribution is -0.137. The van der Waals surface area contributed by atoms with Gasteiger partial charge in [-0.15, -0.1) is 5.10 Å². The molecular weight excluding hydrogens is 450 g/mol. The van der Waals surface area contributed by atoms with E-state index in [1.807, 2.05) is 10.9 Å². The smallest absolute Gasteiger partial charge is 0.227 e. The standard InChI is InChI=1S/C28H37N7O/c1-21-7-9-24(10-8-21)35-19-25-26(31-35)29-20-30-27(25)34-15-5-6-22(18-34)28(36)33-16-11-23(12-17-33)32-13-3-2-4-14-32/h7-10,19-20,22-23H,2-6,11-18H2,1H3/t22-/m0/s1. The van der Waals surface area contributed by atoms with Crippen LogP contribution >= 0.6 is 0 Å². The van der Waals surface area contributed by atoms with Crippen LogP contribution in [-0.4, -0.2) is 80.8 Å². The lowest BCUT2D eigenvalue weighted by Gasteiger charge is -2.42. The van der Waals surface area contributed by atoms with Crippen molar-refractivity contribution in [2.45, 2.75) is 57.9 Å². The highest BCUT2D eigenvalue weighted by atomic mass is 16.2. The number of hydrogen-bond acceptors (Lipinski definition) is 6. The highest BCUT2D eigenvalue weighted by Crippen LogP contribution is 2.30. The molecule has 5 heterocycles. The molecule has 8 heteroatoms. The molecule has 36 heavy (non-hydrogen) atoms. The second kappa shape index (κ2) is 10.2. The van der Waals surface area contributed by atoms with E-state index in [-0.39, 0.29) is 5.92 Å². The summed E-state index contributed by atoms with van der Waals surface area (Å²) in [7, 11) is 0. The van der Waals surface area contributed by atoms with Gasteiger partial charge in [0.05, 0.1) is 17.0 Å². The van der Waals surface area contributed by atoms with Crippen LogP contribution in [0.2, 0.25) is 0 Å². The summed E-state index contributed by atoms with van der Waals surface area (Å²) in [4.78, 5) is 29.7. The molecule has 8 nitrogen and oxygen atoms in total. The number of aromatic nitrogens is 4. The third kappa shape index (κ3) is 4.71. The van der Waals surface area contributed by atoms with E-state index < -0.39 is 0 Å². The molecule has 3 saturated heterocycles. The van der Waals surface area contributed by atoms with Gasteiger partial charge in [-0.25, -0.2) is 14.6 Å². The maximum atomic E-state index is 13.5. The molecule has 3 aliphatic rings. The van der Waals surface area contributed by atoms with Gasteiger partial charge >= 0.3 is 0 Å². The molecule has 3 fully saturated rings. The molecule has 3 aromatic rings. The lowest BCUT2D eigenvalue weighted by Crippen LogP contribution is -2.51. The quantitative estimate of drug-likeness (QED) is 0.557. The summed E-state index contributed by atoms with van der Waals surface area (Å²) in [6, 6.07) is 8.97. The lowest BCUT2D eigenvalue weighted by atomic mass is 9.94. The van der Waals surface area contributed by atoms with Crippen LogP contribution in [0, 0.1) is 12.8 Å². The molecule has 0 aliphatic carbocycles. The van der Waals surface area contributed by atoms with Crippen LogP contribution in [0.4, 0.5) is 5.82 Å². The Balaban J connectivity index is 1.14. The number of carbonyl (C=O) groups excluding carboxylic acids is 1. The predicted octanol–water partition coefficient (Wildman–Crippen LogP) is 3.82. The Bertz CT molecular complexity index is 1190. The van der Waals surface area contributed by atoms with Gasteiger partial charge < -0.3 is 14.7 Å². The van der Waals surface area contributed by atoms with Crippen LogP contribution in [0.15, 0.2) is 36.8 Å². The van der Waals surface area contributed by atoms with Gasteiger partial charge in [0.15, 0.2) is 5.65 Å². The Kier molecular flexibility index (Phi) is 6.61. The van der Waals surface area contributed by atoms with Gasteiger partial charge in [-0.1, -0.05) is 24.1 Å². The number of benzene rings is 1. The number of carbonyl (C=O) groups is 1. The Labute approximate surface area is 213 Å². The minimum absolute atomic E-state index is 0.0300.